The van der Waals surface area contributed by atoms with E-state index in [0.717, 1.165) is 11.4 Å². The zero-order valence-corrected chi connectivity index (χ0v) is 15.0. The fraction of sp³-hybridized carbons (Fsp3) is 0.529. The van der Waals surface area contributed by atoms with E-state index in [1.807, 2.05) is 24.6 Å². The van der Waals surface area contributed by atoms with Crippen LogP contribution < -0.4 is 5.56 Å². The van der Waals surface area contributed by atoms with E-state index in [1.54, 1.807) is 18.7 Å². The number of aromatic nitrogens is 4. The molecule has 134 valence electrons. The first-order valence-electron chi connectivity index (χ1n) is 8.34. The maximum atomic E-state index is 12.9. The second kappa shape index (κ2) is 6.79. The van der Waals surface area contributed by atoms with E-state index in [0.29, 0.717) is 37.5 Å². The number of ether oxygens (including phenoxy) is 1. The fourth-order valence-electron chi connectivity index (χ4n) is 3.11. The number of hydrogen-bond acceptors (Lipinski definition) is 5. The summed E-state index contributed by atoms with van der Waals surface area (Å²) in [7, 11) is 0. The topological polar surface area (TPSA) is 93.1 Å². The van der Waals surface area contributed by atoms with E-state index in [4.69, 9.17) is 4.74 Å². The first-order chi connectivity index (χ1) is 11.9. The van der Waals surface area contributed by atoms with Crippen molar-refractivity contribution in [3.8, 4) is 0 Å². The van der Waals surface area contributed by atoms with Crippen LogP contribution in [0.2, 0.25) is 0 Å². The number of nitrogens with one attached hydrogen (secondary N) is 1. The second-order valence-corrected chi connectivity index (χ2v) is 6.49. The minimum absolute atomic E-state index is 0.155. The van der Waals surface area contributed by atoms with Crippen LogP contribution in [-0.4, -0.2) is 56.6 Å². The van der Waals surface area contributed by atoms with Crippen LogP contribution in [0.25, 0.3) is 0 Å². The third-order valence-electron chi connectivity index (χ3n) is 4.59. The monoisotopic (exact) mass is 345 g/mol. The molecule has 2 aromatic rings. The van der Waals surface area contributed by atoms with Gasteiger partial charge in [-0.2, -0.15) is 10.2 Å². The molecule has 1 saturated heterocycles. The summed E-state index contributed by atoms with van der Waals surface area (Å²) >= 11 is 0. The summed E-state index contributed by atoms with van der Waals surface area (Å²) in [5.41, 5.74) is 3.00. The van der Waals surface area contributed by atoms with E-state index in [-0.39, 0.29) is 17.6 Å². The van der Waals surface area contributed by atoms with Crippen molar-refractivity contribution in [2.45, 2.75) is 40.3 Å². The SMILES string of the molecule is Cc1cc(C)n(CC2CN(C(=O)c3c(C)c(C)n[nH]c3=O)CCO2)n1. The summed E-state index contributed by atoms with van der Waals surface area (Å²) < 4.78 is 7.69. The molecule has 2 aromatic heterocycles. The first kappa shape index (κ1) is 17.3. The van der Waals surface area contributed by atoms with Gasteiger partial charge in [-0.05, 0) is 39.3 Å². The standard InChI is InChI=1S/C17H23N5O3/c1-10-7-11(2)22(20-10)9-14-8-21(5-6-25-14)17(24)15-12(3)13(4)18-19-16(15)23/h7,14H,5-6,8-9H2,1-4H3,(H,19,23). The lowest BCUT2D eigenvalue weighted by molar-refractivity contribution is -0.0303. The zero-order valence-electron chi connectivity index (χ0n) is 15.0. The molecule has 0 aromatic carbocycles. The van der Waals surface area contributed by atoms with Crippen LogP contribution in [0.4, 0.5) is 0 Å². The molecule has 1 unspecified atom stereocenters. The number of rotatable bonds is 3. The molecule has 1 fully saturated rings. The highest BCUT2D eigenvalue weighted by molar-refractivity contribution is 5.95. The highest BCUT2D eigenvalue weighted by atomic mass is 16.5. The number of amides is 1. The van der Waals surface area contributed by atoms with Gasteiger partial charge in [-0.1, -0.05) is 0 Å². The number of nitrogens with zero attached hydrogens (tertiary/aromatic N) is 4. The van der Waals surface area contributed by atoms with Gasteiger partial charge in [-0.3, -0.25) is 14.3 Å². The number of H-pyrrole nitrogens is 1. The van der Waals surface area contributed by atoms with Gasteiger partial charge in [-0.15, -0.1) is 0 Å². The van der Waals surface area contributed by atoms with E-state index in [1.165, 1.54) is 0 Å². The Hall–Kier alpha value is -2.48. The number of hydrogen-bond donors (Lipinski definition) is 1. The Kier molecular flexibility index (Phi) is 4.71. The van der Waals surface area contributed by atoms with Gasteiger partial charge in [0.1, 0.15) is 5.56 Å². The summed E-state index contributed by atoms with van der Waals surface area (Å²) in [4.78, 5) is 26.6. The second-order valence-electron chi connectivity index (χ2n) is 6.49. The Morgan fingerprint density at radius 2 is 2.12 bits per heavy atom. The first-order valence-corrected chi connectivity index (χ1v) is 8.34. The molecular formula is C17H23N5O3. The van der Waals surface area contributed by atoms with Crippen LogP contribution in [0.3, 0.4) is 0 Å². The summed E-state index contributed by atoms with van der Waals surface area (Å²) in [6.45, 7) is 9.37. The van der Waals surface area contributed by atoms with E-state index in [9.17, 15) is 9.59 Å². The molecule has 0 aliphatic carbocycles. The van der Waals surface area contributed by atoms with Crippen molar-refractivity contribution in [3.05, 3.63) is 44.6 Å². The van der Waals surface area contributed by atoms with Gasteiger partial charge in [0, 0.05) is 18.8 Å². The lowest BCUT2D eigenvalue weighted by Crippen LogP contribution is -2.48. The highest BCUT2D eigenvalue weighted by Crippen LogP contribution is 2.14. The van der Waals surface area contributed by atoms with Crippen molar-refractivity contribution in [1.82, 2.24) is 24.9 Å². The quantitative estimate of drug-likeness (QED) is 0.886. The maximum absolute atomic E-state index is 12.9. The molecule has 1 N–H and O–H groups in total. The Bertz CT molecular complexity index is 854. The van der Waals surface area contributed by atoms with Crippen molar-refractivity contribution in [2.24, 2.45) is 0 Å². The molecule has 3 heterocycles. The minimum atomic E-state index is -0.449. The third-order valence-corrected chi connectivity index (χ3v) is 4.59. The molecule has 8 heteroatoms. The van der Waals surface area contributed by atoms with Crippen LogP contribution >= 0.6 is 0 Å². The van der Waals surface area contributed by atoms with Gasteiger partial charge in [0.2, 0.25) is 0 Å². The van der Waals surface area contributed by atoms with Crippen LogP contribution in [0, 0.1) is 27.7 Å². The molecule has 0 spiro atoms. The van der Waals surface area contributed by atoms with Crippen LogP contribution in [-0.2, 0) is 11.3 Å². The molecule has 1 aliphatic rings. The summed E-state index contributed by atoms with van der Waals surface area (Å²) in [6.07, 6.45) is -0.155. The van der Waals surface area contributed by atoms with Crippen molar-refractivity contribution in [2.75, 3.05) is 19.7 Å². The van der Waals surface area contributed by atoms with E-state index < -0.39 is 5.56 Å². The number of aryl methyl sites for hydroxylation is 3. The van der Waals surface area contributed by atoms with Crippen molar-refractivity contribution in [1.29, 1.82) is 0 Å². The van der Waals surface area contributed by atoms with Gasteiger partial charge in [-0.25, -0.2) is 5.10 Å². The normalized spacial score (nSPS) is 17.8. The predicted octanol–water partition coefficient (Wildman–Crippen LogP) is 0.741. The molecule has 1 aliphatic heterocycles. The van der Waals surface area contributed by atoms with Crippen molar-refractivity contribution >= 4 is 5.91 Å². The smallest absolute Gasteiger partial charge is 0.277 e. The molecule has 0 radical (unpaired) electrons. The highest BCUT2D eigenvalue weighted by Gasteiger charge is 2.28. The van der Waals surface area contributed by atoms with Crippen LogP contribution in [0.15, 0.2) is 10.9 Å². The van der Waals surface area contributed by atoms with Crippen molar-refractivity contribution < 1.29 is 9.53 Å². The predicted molar refractivity (Wildman–Crippen MR) is 91.7 cm³/mol. The number of aromatic amines is 1. The molecule has 0 saturated carbocycles. The Balaban J connectivity index is 1.77. The lowest BCUT2D eigenvalue weighted by Gasteiger charge is -2.33. The van der Waals surface area contributed by atoms with Crippen LogP contribution in [0.1, 0.15) is 33.0 Å². The van der Waals surface area contributed by atoms with Gasteiger partial charge >= 0.3 is 0 Å². The Morgan fingerprint density at radius 3 is 2.80 bits per heavy atom. The Labute approximate surface area is 145 Å². The Morgan fingerprint density at radius 1 is 1.36 bits per heavy atom. The van der Waals surface area contributed by atoms with Gasteiger partial charge in [0.05, 0.1) is 30.6 Å². The molecule has 1 atom stereocenters. The fourth-order valence-corrected chi connectivity index (χ4v) is 3.11. The number of carbonyl (C=O) groups is 1. The summed E-state index contributed by atoms with van der Waals surface area (Å²) in [5.74, 6) is -0.272. The average Bonchev–Trinajstić information content (AvgIpc) is 2.89. The van der Waals surface area contributed by atoms with Crippen LogP contribution in [0.5, 0.6) is 0 Å². The summed E-state index contributed by atoms with van der Waals surface area (Å²) in [6, 6.07) is 2.01. The number of carbonyl (C=O) groups excluding carboxylic acids is 1. The molecule has 25 heavy (non-hydrogen) atoms. The average molecular weight is 345 g/mol. The molecule has 1 amide bonds. The molecule has 3 rings (SSSR count). The summed E-state index contributed by atoms with van der Waals surface area (Å²) in [5, 5.41) is 10.7. The largest absolute Gasteiger partial charge is 0.373 e. The molecular weight excluding hydrogens is 322 g/mol. The third kappa shape index (κ3) is 3.48. The molecule has 8 nitrogen and oxygen atoms in total. The minimum Gasteiger partial charge on any atom is -0.373 e. The number of morpholine rings is 1. The lowest BCUT2D eigenvalue weighted by atomic mass is 10.1. The van der Waals surface area contributed by atoms with Crippen molar-refractivity contribution in [3.63, 3.8) is 0 Å². The van der Waals surface area contributed by atoms with Gasteiger partial charge in [0.25, 0.3) is 11.5 Å². The van der Waals surface area contributed by atoms with E-state index >= 15 is 0 Å². The van der Waals surface area contributed by atoms with E-state index in [2.05, 4.69) is 15.3 Å². The maximum Gasteiger partial charge on any atom is 0.277 e. The van der Waals surface area contributed by atoms with Gasteiger partial charge in [0.15, 0.2) is 0 Å². The van der Waals surface area contributed by atoms with Gasteiger partial charge < -0.3 is 9.64 Å². The zero-order chi connectivity index (χ0) is 18.1. The molecule has 0 bridgehead atoms.